The molecule has 0 aromatic carbocycles. The van der Waals surface area contributed by atoms with Crippen LogP contribution in [0.2, 0.25) is 0 Å². The van der Waals surface area contributed by atoms with Gasteiger partial charge < -0.3 is 5.11 Å². The molecule has 11 heavy (non-hydrogen) atoms. The molecule has 58 valence electrons. The zero-order chi connectivity index (χ0) is 10.2. The molecule has 0 fully saturated rings. The predicted octanol–water partition coefficient (Wildman–Crippen LogP) is 2.30. The number of pyridine rings is 1. The van der Waals surface area contributed by atoms with E-state index < -0.39 is 5.97 Å². The summed E-state index contributed by atoms with van der Waals surface area (Å²) >= 11 is 5.83. The van der Waals surface area contributed by atoms with Crippen molar-refractivity contribution in [1.82, 2.24) is 4.98 Å². The molecule has 0 saturated heterocycles. The van der Waals surface area contributed by atoms with E-state index >= 15 is 0 Å². The first kappa shape index (κ1) is 6.14. The summed E-state index contributed by atoms with van der Waals surface area (Å²) in [5.74, 6) is -1.19. The van der Waals surface area contributed by atoms with Crippen LogP contribution >= 0.6 is 31.9 Å². The maximum absolute atomic E-state index is 10.7. The highest BCUT2D eigenvalue weighted by Gasteiger charge is 2.12. The van der Waals surface area contributed by atoms with Gasteiger partial charge in [0.1, 0.15) is 10.2 Å². The van der Waals surface area contributed by atoms with E-state index in [-0.39, 0.29) is 26.9 Å². The fraction of sp³-hybridized carbons (Fsp3) is 0. The van der Waals surface area contributed by atoms with Crippen LogP contribution in [-0.2, 0) is 0 Å². The Balaban J connectivity index is 3.53. The fourth-order valence-electron chi connectivity index (χ4n) is 0.517. The average Bonchev–Trinajstić information content (AvgIpc) is 1.99. The van der Waals surface area contributed by atoms with Crippen molar-refractivity contribution in [3.63, 3.8) is 0 Å². The normalized spacial score (nSPS) is 12.2. The Labute approximate surface area is 82.5 Å². The largest absolute Gasteiger partial charge is 0.478 e. The molecule has 0 spiro atoms. The van der Waals surface area contributed by atoms with Gasteiger partial charge in [-0.3, -0.25) is 0 Å². The van der Waals surface area contributed by atoms with Crippen molar-refractivity contribution in [2.45, 2.75) is 0 Å². The molecule has 0 saturated carbocycles. The van der Waals surface area contributed by atoms with Crippen molar-refractivity contribution in [2.24, 2.45) is 0 Å². The minimum Gasteiger partial charge on any atom is -0.478 e. The monoisotopic (exact) mass is 281 g/mol. The zero-order valence-corrected chi connectivity index (χ0v) is 8.23. The number of nitrogens with zero attached hydrogens (tertiary/aromatic N) is 1. The first-order valence-electron chi connectivity index (χ1n) is 3.50. The lowest BCUT2D eigenvalue weighted by molar-refractivity contribution is 0.0694. The highest BCUT2D eigenvalue weighted by atomic mass is 79.9. The number of hydrogen-bond acceptors (Lipinski definition) is 2. The number of rotatable bonds is 1. The Morgan fingerprint density at radius 2 is 2.36 bits per heavy atom. The first-order valence-corrected chi connectivity index (χ1v) is 4.09. The molecule has 0 unspecified atom stereocenters. The van der Waals surface area contributed by atoms with Crippen LogP contribution in [0.1, 0.15) is 13.1 Å². The summed E-state index contributed by atoms with van der Waals surface area (Å²) in [5, 5.41) is 8.72. The predicted molar refractivity (Wildman–Crippen MR) is 46.6 cm³/mol. The van der Waals surface area contributed by atoms with Crippen molar-refractivity contribution in [3.8, 4) is 0 Å². The van der Waals surface area contributed by atoms with E-state index in [2.05, 4.69) is 36.8 Å². The number of carboxylic acid groups (broad SMARTS) is 1. The molecule has 1 rings (SSSR count). The molecule has 0 aliphatic heterocycles. The molecule has 1 aromatic rings. The van der Waals surface area contributed by atoms with E-state index in [0.29, 0.717) is 0 Å². The number of aromatic nitrogens is 1. The minimum absolute atomic E-state index is 0.0490. The van der Waals surface area contributed by atoms with E-state index in [9.17, 15) is 4.79 Å². The van der Waals surface area contributed by atoms with Crippen LogP contribution in [0, 0.1) is 0 Å². The highest BCUT2D eigenvalue weighted by Crippen LogP contribution is 2.22. The second-order valence-electron chi connectivity index (χ2n) is 1.63. The van der Waals surface area contributed by atoms with Crippen molar-refractivity contribution >= 4 is 37.8 Å². The summed E-state index contributed by atoms with van der Waals surface area (Å²) in [6.45, 7) is 0. The van der Waals surface area contributed by atoms with Gasteiger partial charge in [-0.1, -0.05) is 0 Å². The van der Waals surface area contributed by atoms with Gasteiger partial charge in [0.2, 0.25) is 0 Å². The van der Waals surface area contributed by atoms with Crippen LogP contribution in [-0.4, -0.2) is 16.1 Å². The molecule has 0 aliphatic rings. The van der Waals surface area contributed by atoms with Gasteiger partial charge in [0.05, 0.1) is 2.74 Å². The third kappa shape index (κ3) is 1.78. The van der Waals surface area contributed by atoms with E-state index in [0.717, 1.165) is 0 Å². The molecule has 1 heterocycles. The third-order valence-corrected chi connectivity index (χ3v) is 2.13. The summed E-state index contributed by atoms with van der Waals surface area (Å²) < 4.78 is 14.6. The van der Waals surface area contributed by atoms with Crippen LogP contribution in [0.5, 0.6) is 0 Å². The van der Waals surface area contributed by atoms with Gasteiger partial charge in [0.15, 0.2) is 0 Å². The van der Waals surface area contributed by atoms with Crippen LogP contribution in [0.4, 0.5) is 0 Å². The quantitative estimate of drug-likeness (QED) is 0.804. The second kappa shape index (κ2) is 3.32. The third-order valence-electron chi connectivity index (χ3n) is 0.959. The summed E-state index contributed by atoms with van der Waals surface area (Å²) in [6.07, 6.45) is -0.274. The van der Waals surface area contributed by atoms with Gasteiger partial charge >= 0.3 is 5.97 Å². The van der Waals surface area contributed by atoms with Gasteiger partial charge in [-0.25, -0.2) is 9.78 Å². The van der Waals surface area contributed by atoms with E-state index in [4.69, 9.17) is 7.85 Å². The SMILES string of the molecule is [2H]c1nc(Br)c(C(=O)O)c(Br)c1[2H]. The summed E-state index contributed by atoms with van der Waals surface area (Å²) in [4.78, 5) is 14.2. The average molecular weight is 283 g/mol. The van der Waals surface area contributed by atoms with Gasteiger partial charge in [-0.2, -0.15) is 0 Å². The lowest BCUT2D eigenvalue weighted by Gasteiger charge is -1.98. The Morgan fingerprint density at radius 3 is 2.91 bits per heavy atom. The number of carbonyl (C=O) groups is 1. The highest BCUT2D eigenvalue weighted by molar-refractivity contribution is 9.11. The van der Waals surface area contributed by atoms with Gasteiger partial charge in [0.25, 0.3) is 0 Å². The standard InChI is InChI=1S/C6H3Br2NO2/c7-3-1-2-9-5(8)4(3)6(10)11/h1-2H,(H,10,11)/i1D,2D. The number of hydrogen-bond donors (Lipinski definition) is 1. The number of halogens is 2. The molecule has 0 atom stereocenters. The minimum atomic E-state index is -1.19. The van der Waals surface area contributed by atoms with Crippen molar-refractivity contribution in [1.29, 1.82) is 0 Å². The molecule has 0 amide bonds. The molecule has 0 radical (unpaired) electrons. The summed E-state index contributed by atoms with van der Waals surface area (Å²) in [5.41, 5.74) is -0.138. The Kier molecular flexibility index (Phi) is 1.85. The molecule has 1 aromatic heterocycles. The van der Waals surface area contributed by atoms with Crippen LogP contribution < -0.4 is 0 Å². The maximum Gasteiger partial charge on any atom is 0.339 e. The molecular weight excluding hydrogens is 278 g/mol. The molecule has 0 aliphatic carbocycles. The van der Waals surface area contributed by atoms with Crippen molar-refractivity contribution in [2.75, 3.05) is 0 Å². The lowest BCUT2D eigenvalue weighted by Crippen LogP contribution is -2.00. The molecule has 3 nitrogen and oxygen atoms in total. The second-order valence-corrected chi connectivity index (χ2v) is 3.18. The molecule has 5 heteroatoms. The summed E-state index contributed by atoms with van der Waals surface area (Å²) in [7, 11) is 0. The fourth-order valence-corrected chi connectivity index (χ4v) is 1.69. The van der Waals surface area contributed by atoms with E-state index in [1.807, 2.05) is 0 Å². The smallest absolute Gasteiger partial charge is 0.339 e. The Hall–Kier alpha value is -0.420. The summed E-state index contributed by atoms with van der Waals surface area (Å²) in [6, 6.07) is -0.236. The maximum atomic E-state index is 10.7. The molecule has 1 N–H and O–H groups in total. The van der Waals surface area contributed by atoms with Crippen LogP contribution in [0.15, 0.2) is 21.3 Å². The molecular formula is C6H3Br2NO2. The molecule has 0 bridgehead atoms. The number of carboxylic acids is 1. The van der Waals surface area contributed by atoms with Gasteiger partial charge in [0, 0.05) is 10.6 Å². The van der Waals surface area contributed by atoms with Crippen molar-refractivity contribution < 1.29 is 12.6 Å². The Bertz CT molecular complexity index is 383. The lowest BCUT2D eigenvalue weighted by atomic mass is 10.3. The van der Waals surface area contributed by atoms with Crippen molar-refractivity contribution in [3.05, 3.63) is 26.9 Å². The van der Waals surface area contributed by atoms with Gasteiger partial charge in [-0.15, -0.1) is 0 Å². The van der Waals surface area contributed by atoms with Crippen LogP contribution in [0.25, 0.3) is 0 Å². The van der Waals surface area contributed by atoms with Crippen LogP contribution in [0.3, 0.4) is 0 Å². The van der Waals surface area contributed by atoms with E-state index in [1.54, 1.807) is 0 Å². The number of aromatic carboxylic acids is 1. The topological polar surface area (TPSA) is 50.2 Å². The van der Waals surface area contributed by atoms with E-state index in [1.165, 1.54) is 0 Å². The zero-order valence-electron chi connectivity index (χ0n) is 7.06. The Morgan fingerprint density at radius 1 is 1.73 bits per heavy atom. The van der Waals surface area contributed by atoms with Gasteiger partial charge in [-0.05, 0) is 37.9 Å². The first-order chi connectivity index (χ1) is 5.95.